The zero-order chi connectivity index (χ0) is 15.4. The third-order valence-corrected chi connectivity index (χ3v) is 2.91. The molecule has 0 saturated carbocycles. The van der Waals surface area contributed by atoms with Crippen molar-refractivity contribution in [1.29, 1.82) is 0 Å². The summed E-state index contributed by atoms with van der Waals surface area (Å²) >= 11 is 0. The van der Waals surface area contributed by atoms with Gasteiger partial charge in [-0.25, -0.2) is 13.2 Å². The van der Waals surface area contributed by atoms with E-state index in [0.29, 0.717) is 11.3 Å². The summed E-state index contributed by atoms with van der Waals surface area (Å²) < 4.78 is 38.9. The molecule has 2 rings (SSSR count). The van der Waals surface area contributed by atoms with E-state index in [9.17, 15) is 18.0 Å². The molecule has 3 nitrogen and oxygen atoms in total. The summed E-state index contributed by atoms with van der Waals surface area (Å²) in [5.74, 6) is -4.12. The van der Waals surface area contributed by atoms with Gasteiger partial charge < -0.3 is 10.6 Å². The molecule has 21 heavy (non-hydrogen) atoms. The molecule has 0 saturated heterocycles. The van der Waals surface area contributed by atoms with E-state index >= 15 is 0 Å². The number of anilines is 1. The van der Waals surface area contributed by atoms with Gasteiger partial charge in [-0.1, -0.05) is 0 Å². The molecule has 0 aliphatic rings. The highest BCUT2D eigenvalue weighted by molar-refractivity contribution is 5.94. The second-order valence-corrected chi connectivity index (χ2v) is 4.38. The lowest BCUT2D eigenvalue weighted by Crippen LogP contribution is -2.17. The molecule has 2 aromatic rings. The largest absolute Gasteiger partial charge is 0.381 e. The van der Waals surface area contributed by atoms with E-state index in [2.05, 4.69) is 10.6 Å². The monoisotopic (exact) mass is 294 g/mol. The molecule has 1 amide bonds. The van der Waals surface area contributed by atoms with Crippen LogP contribution in [0.1, 0.15) is 15.9 Å². The SMILES string of the molecule is CNC(=O)c1ccc(NCc2cc(F)c(F)c(F)c2)cc1. The number of rotatable bonds is 4. The summed E-state index contributed by atoms with van der Waals surface area (Å²) in [7, 11) is 1.53. The van der Waals surface area contributed by atoms with E-state index in [1.54, 1.807) is 24.3 Å². The second-order valence-electron chi connectivity index (χ2n) is 4.38. The quantitative estimate of drug-likeness (QED) is 0.851. The highest BCUT2D eigenvalue weighted by atomic mass is 19.2. The van der Waals surface area contributed by atoms with Crippen molar-refractivity contribution in [3.63, 3.8) is 0 Å². The Morgan fingerprint density at radius 2 is 1.62 bits per heavy atom. The number of amides is 1. The van der Waals surface area contributed by atoms with Gasteiger partial charge in [0.05, 0.1) is 0 Å². The lowest BCUT2D eigenvalue weighted by atomic mass is 10.1. The maximum atomic E-state index is 13.1. The number of carbonyl (C=O) groups excluding carboxylic acids is 1. The predicted molar refractivity (Wildman–Crippen MR) is 73.5 cm³/mol. The zero-order valence-electron chi connectivity index (χ0n) is 11.2. The fourth-order valence-corrected chi connectivity index (χ4v) is 1.80. The van der Waals surface area contributed by atoms with Crippen LogP contribution < -0.4 is 10.6 Å². The Kier molecular flexibility index (Phi) is 4.47. The summed E-state index contributed by atoms with van der Waals surface area (Å²) in [6.45, 7) is 0.132. The number of carbonyl (C=O) groups is 1. The van der Waals surface area contributed by atoms with Crippen LogP contribution in [0.2, 0.25) is 0 Å². The van der Waals surface area contributed by atoms with Crippen molar-refractivity contribution in [2.45, 2.75) is 6.54 Å². The molecular formula is C15H13F3N2O. The summed E-state index contributed by atoms with van der Waals surface area (Å²) in [4.78, 5) is 11.4. The van der Waals surface area contributed by atoms with Gasteiger partial charge in [-0.3, -0.25) is 4.79 Å². The molecule has 110 valence electrons. The van der Waals surface area contributed by atoms with Crippen molar-refractivity contribution in [2.75, 3.05) is 12.4 Å². The number of hydrogen-bond donors (Lipinski definition) is 2. The number of nitrogens with one attached hydrogen (secondary N) is 2. The zero-order valence-corrected chi connectivity index (χ0v) is 11.2. The molecule has 0 atom stereocenters. The molecule has 2 aromatic carbocycles. The number of benzene rings is 2. The van der Waals surface area contributed by atoms with E-state index < -0.39 is 17.5 Å². The van der Waals surface area contributed by atoms with Crippen molar-refractivity contribution >= 4 is 11.6 Å². The van der Waals surface area contributed by atoms with Crippen molar-refractivity contribution in [1.82, 2.24) is 5.32 Å². The molecule has 0 bridgehead atoms. The summed E-state index contributed by atoms with van der Waals surface area (Å²) in [5.41, 5.74) is 1.46. The van der Waals surface area contributed by atoms with Crippen LogP contribution in [-0.2, 0) is 6.54 Å². The van der Waals surface area contributed by atoms with Crippen LogP contribution >= 0.6 is 0 Å². The number of halogens is 3. The summed E-state index contributed by atoms with van der Waals surface area (Å²) in [6.07, 6.45) is 0. The number of hydrogen-bond acceptors (Lipinski definition) is 2. The maximum absolute atomic E-state index is 13.1. The minimum absolute atomic E-state index is 0.132. The molecule has 0 aliphatic heterocycles. The van der Waals surface area contributed by atoms with Crippen LogP contribution in [0, 0.1) is 17.5 Å². The van der Waals surface area contributed by atoms with Gasteiger partial charge in [0.1, 0.15) is 0 Å². The highest BCUT2D eigenvalue weighted by Crippen LogP contribution is 2.16. The molecule has 0 unspecified atom stereocenters. The van der Waals surface area contributed by atoms with Gasteiger partial charge >= 0.3 is 0 Å². The summed E-state index contributed by atoms with van der Waals surface area (Å²) in [5, 5.41) is 5.43. The van der Waals surface area contributed by atoms with Gasteiger partial charge in [-0.2, -0.15) is 0 Å². The normalized spacial score (nSPS) is 10.3. The molecule has 0 aliphatic carbocycles. The Labute approximate surface area is 119 Å². The molecule has 0 spiro atoms. The van der Waals surface area contributed by atoms with E-state index in [4.69, 9.17) is 0 Å². The predicted octanol–water partition coefficient (Wildman–Crippen LogP) is 3.08. The van der Waals surface area contributed by atoms with Crippen LogP contribution in [0.4, 0.5) is 18.9 Å². The third kappa shape index (κ3) is 3.53. The van der Waals surface area contributed by atoms with Crippen molar-refractivity contribution in [2.24, 2.45) is 0 Å². The highest BCUT2D eigenvalue weighted by Gasteiger charge is 2.10. The average molecular weight is 294 g/mol. The van der Waals surface area contributed by atoms with E-state index in [0.717, 1.165) is 12.1 Å². The fraction of sp³-hybridized carbons (Fsp3) is 0.133. The average Bonchev–Trinajstić information content (AvgIpc) is 2.50. The van der Waals surface area contributed by atoms with Crippen molar-refractivity contribution < 1.29 is 18.0 Å². The first-order valence-electron chi connectivity index (χ1n) is 6.20. The van der Waals surface area contributed by atoms with Crippen LogP contribution in [0.5, 0.6) is 0 Å². The molecule has 0 aromatic heterocycles. The first kappa shape index (κ1) is 14.9. The maximum Gasteiger partial charge on any atom is 0.251 e. The summed E-state index contributed by atoms with van der Waals surface area (Å²) in [6, 6.07) is 8.44. The Hall–Kier alpha value is -2.50. The van der Waals surface area contributed by atoms with E-state index in [1.165, 1.54) is 7.05 Å². The molecule has 0 heterocycles. The van der Waals surface area contributed by atoms with Crippen LogP contribution in [0.25, 0.3) is 0 Å². The van der Waals surface area contributed by atoms with Crippen LogP contribution in [0.3, 0.4) is 0 Å². The Morgan fingerprint density at radius 1 is 1.05 bits per heavy atom. The Morgan fingerprint density at radius 3 is 2.14 bits per heavy atom. The lowest BCUT2D eigenvalue weighted by Gasteiger charge is -2.08. The smallest absolute Gasteiger partial charge is 0.251 e. The van der Waals surface area contributed by atoms with E-state index in [-0.39, 0.29) is 18.0 Å². The van der Waals surface area contributed by atoms with Gasteiger partial charge in [0.25, 0.3) is 5.91 Å². The minimum atomic E-state index is -1.48. The first-order chi connectivity index (χ1) is 10.0. The van der Waals surface area contributed by atoms with Gasteiger partial charge in [-0.15, -0.1) is 0 Å². The lowest BCUT2D eigenvalue weighted by molar-refractivity contribution is 0.0963. The minimum Gasteiger partial charge on any atom is -0.381 e. The van der Waals surface area contributed by atoms with Crippen molar-refractivity contribution in [3.05, 3.63) is 65.0 Å². The fourth-order valence-electron chi connectivity index (χ4n) is 1.80. The van der Waals surface area contributed by atoms with Gasteiger partial charge in [0.2, 0.25) is 0 Å². The Balaban J connectivity index is 2.05. The molecule has 0 fully saturated rings. The molecule has 0 radical (unpaired) electrons. The molecule has 6 heteroatoms. The topological polar surface area (TPSA) is 41.1 Å². The van der Waals surface area contributed by atoms with Gasteiger partial charge in [0, 0.05) is 24.8 Å². The van der Waals surface area contributed by atoms with Gasteiger partial charge in [-0.05, 0) is 42.0 Å². The standard InChI is InChI=1S/C15H13F3N2O/c1-19-15(21)10-2-4-11(5-3-10)20-8-9-6-12(16)14(18)13(17)7-9/h2-7,20H,8H2,1H3,(H,19,21). The molecule has 2 N–H and O–H groups in total. The van der Waals surface area contributed by atoms with Crippen molar-refractivity contribution in [3.8, 4) is 0 Å². The van der Waals surface area contributed by atoms with Gasteiger partial charge in [0.15, 0.2) is 17.5 Å². The van der Waals surface area contributed by atoms with E-state index in [1.807, 2.05) is 0 Å². The first-order valence-corrected chi connectivity index (χ1v) is 6.20. The third-order valence-electron chi connectivity index (χ3n) is 2.91. The molecular weight excluding hydrogens is 281 g/mol. The van der Waals surface area contributed by atoms with Crippen LogP contribution in [0.15, 0.2) is 36.4 Å². The second kappa shape index (κ2) is 6.30. The Bertz CT molecular complexity index is 633. The van der Waals surface area contributed by atoms with Crippen LogP contribution in [-0.4, -0.2) is 13.0 Å².